The van der Waals surface area contributed by atoms with Gasteiger partial charge in [0, 0.05) is 0 Å². The summed E-state index contributed by atoms with van der Waals surface area (Å²) in [6.07, 6.45) is 3.68. The average Bonchev–Trinajstić information content (AvgIpc) is 3.63. The van der Waals surface area contributed by atoms with Crippen molar-refractivity contribution in [2.24, 2.45) is 0 Å². The molecule has 5 aromatic rings. The molecule has 34 heavy (non-hydrogen) atoms. The van der Waals surface area contributed by atoms with E-state index in [1.54, 1.807) is 43.9 Å². The van der Waals surface area contributed by atoms with E-state index in [0.29, 0.717) is 39.6 Å². The van der Waals surface area contributed by atoms with Gasteiger partial charge in [-0.2, -0.15) is 0 Å². The van der Waals surface area contributed by atoms with E-state index in [1.165, 1.54) is 23.1 Å². The highest BCUT2D eigenvalue weighted by Crippen LogP contribution is 2.33. The SMILES string of the molecule is CCC(Sc1nnc(-c2ccco2)c(-c2ccco2)n1)C(=O)Nc1nc2ccc(OC)cc2s1. The maximum Gasteiger partial charge on any atom is 0.239 e. The molecule has 0 aliphatic carbocycles. The van der Waals surface area contributed by atoms with Crippen molar-refractivity contribution in [2.75, 3.05) is 12.4 Å². The molecule has 1 aromatic carbocycles. The molecule has 1 amide bonds. The summed E-state index contributed by atoms with van der Waals surface area (Å²) in [6, 6.07) is 12.7. The number of hydrogen-bond acceptors (Lipinski definition) is 10. The third-order valence-electron chi connectivity index (χ3n) is 4.91. The third-order valence-corrected chi connectivity index (χ3v) is 7.06. The first-order valence-corrected chi connectivity index (χ1v) is 12.1. The Morgan fingerprint density at radius 2 is 1.85 bits per heavy atom. The maximum absolute atomic E-state index is 13.0. The first-order valence-electron chi connectivity index (χ1n) is 10.4. The van der Waals surface area contributed by atoms with Gasteiger partial charge in [-0.3, -0.25) is 4.79 Å². The second-order valence-electron chi connectivity index (χ2n) is 7.10. The molecule has 172 valence electrons. The molecular weight excluding hydrogens is 474 g/mol. The van der Waals surface area contributed by atoms with Crippen LogP contribution in [0.4, 0.5) is 5.13 Å². The third kappa shape index (κ3) is 4.52. The van der Waals surface area contributed by atoms with Crippen LogP contribution in [0.2, 0.25) is 0 Å². The molecule has 0 spiro atoms. The van der Waals surface area contributed by atoms with Gasteiger partial charge < -0.3 is 18.9 Å². The number of furan rings is 2. The minimum Gasteiger partial charge on any atom is -0.497 e. The number of hydrogen-bond donors (Lipinski definition) is 1. The van der Waals surface area contributed by atoms with Gasteiger partial charge in [-0.1, -0.05) is 30.0 Å². The molecule has 1 N–H and O–H groups in total. The standard InChI is InChI=1S/C23H19N5O4S2/c1-3-17(21(29)26-22-24-14-9-8-13(30-2)12-18(14)34-22)33-23-25-19(15-6-4-10-31-15)20(27-28-23)16-7-5-11-32-16/h4-12,17H,3H2,1-2H3,(H,24,26,29). The van der Waals surface area contributed by atoms with E-state index in [-0.39, 0.29) is 5.91 Å². The van der Waals surface area contributed by atoms with E-state index >= 15 is 0 Å². The number of fused-ring (bicyclic) bond motifs is 1. The number of nitrogens with one attached hydrogen (secondary N) is 1. The fraction of sp³-hybridized carbons (Fsp3) is 0.174. The van der Waals surface area contributed by atoms with Crippen molar-refractivity contribution >= 4 is 44.4 Å². The van der Waals surface area contributed by atoms with E-state index < -0.39 is 5.25 Å². The molecule has 0 aliphatic rings. The fourth-order valence-corrected chi connectivity index (χ4v) is 4.96. The Kier molecular flexibility index (Phi) is 6.28. The van der Waals surface area contributed by atoms with Crippen LogP contribution in [0.5, 0.6) is 5.75 Å². The van der Waals surface area contributed by atoms with Gasteiger partial charge in [0.25, 0.3) is 0 Å². The van der Waals surface area contributed by atoms with E-state index in [4.69, 9.17) is 13.6 Å². The second-order valence-corrected chi connectivity index (χ2v) is 9.30. The smallest absolute Gasteiger partial charge is 0.239 e. The van der Waals surface area contributed by atoms with Crippen LogP contribution in [0, 0.1) is 0 Å². The highest BCUT2D eigenvalue weighted by Gasteiger charge is 2.24. The van der Waals surface area contributed by atoms with Crippen molar-refractivity contribution in [3.8, 4) is 28.7 Å². The summed E-state index contributed by atoms with van der Waals surface area (Å²) in [6.45, 7) is 1.93. The van der Waals surface area contributed by atoms with Crippen molar-refractivity contribution < 1.29 is 18.4 Å². The average molecular weight is 494 g/mol. The molecule has 0 fully saturated rings. The Bertz CT molecular complexity index is 1420. The molecule has 1 unspecified atom stereocenters. The van der Waals surface area contributed by atoms with Crippen molar-refractivity contribution in [1.29, 1.82) is 0 Å². The van der Waals surface area contributed by atoms with Crippen LogP contribution in [-0.4, -0.2) is 38.4 Å². The Morgan fingerprint density at radius 1 is 1.09 bits per heavy atom. The molecule has 4 aromatic heterocycles. The summed E-state index contributed by atoms with van der Waals surface area (Å²) in [7, 11) is 1.61. The molecule has 5 rings (SSSR count). The van der Waals surface area contributed by atoms with E-state index in [0.717, 1.165) is 16.0 Å². The normalized spacial score (nSPS) is 12.1. The van der Waals surface area contributed by atoms with Crippen molar-refractivity contribution in [3.05, 3.63) is 55.0 Å². The summed E-state index contributed by atoms with van der Waals surface area (Å²) in [4.78, 5) is 22.1. The zero-order valence-corrected chi connectivity index (χ0v) is 19.9. The number of aromatic nitrogens is 4. The van der Waals surface area contributed by atoms with Gasteiger partial charge in [0.2, 0.25) is 11.1 Å². The Labute approximate surface area is 202 Å². The minimum absolute atomic E-state index is 0.184. The second kappa shape index (κ2) is 9.65. The van der Waals surface area contributed by atoms with E-state index in [2.05, 4.69) is 25.5 Å². The fourth-order valence-electron chi connectivity index (χ4n) is 3.25. The van der Waals surface area contributed by atoms with Crippen molar-refractivity contribution in [3.63, 3.8) is 0 Å². The van der Waals surface area contributed by atoms with Gasteiger partial charge in [0.15, 0.2) is 22.3 Å². The molecule has 0 saturated heterocycles. The van der Waals surface area contributed by atoms with Crippen LogP contribution in [0.15, 0.2) is 69.0 Å². The van der Waals surface area contributed by atoms with Gasteiger partial charge in [-0.05, 0) is 48.9 Å². The lowest BCUT2D eigenvalue weighted by Crippen LogP contribution is -2.24. The largest absolute Gasteiger partial charge is 0.497 e. The number of ether oxygens (including phenoxy) is 1. The molecular formula is C23H19N5O4S2. The number of thiazole rings is 1. The number of amides is 1. The molecule has 9 nitrogen and oxygen atoms in total. The lowest BCUT2D eigenvalue weighted by Gasteiger charge is -2.13. The number of methoxy groups -OCH3 is 1. The van der Waals surface area contributed by atoms with Crippen LogP contribution in [0.3, 0.4) is 0 Å². The van der Waals surface area contributed by atoms with Crippen molar-refractivity contribution in [1.82, 2.24) is 20.2 Å². The Morgan fingerprint density at radius 3 is 2.53 bits per heavy atom. The summed E-state index contributed by atoms with van der Waals surface area (Å²) >= 11 is 2.63. The molecule has 11 heteroatoms. The number of rotatable bonds is 8. The first-order chi connectivity index (χ1) is 16.6. The predicted octanol–water partition coefficient (Wildman–Crippen LogP) is 5.52. The lowest BCUT2D eigenvalue weighted by atomic mass is 10.2. The number of carbonyl (C=O) groups excluding carboxylic acids is 1. The zero-order valence-electron chi connectivity index (χ0n) is 18.2. The summed E-state index contributed by atoms with van der Waals surface area (Å²) in [5.74, 6) is 1.62. The Balaban J connectivity index is 1.37. The predicted molar refractivity (Wildman–Crippen MR) is 130 cm³/mol. The van der Waals surface area contributed by atoms with Gasteiger partial charge in [-0.25, -0.2) is 9.97 Å². The van der Waals surface area contributed by atoms with Gasteiger partial charge in [0.1, 0.15) is 11.4 Å². The lowest BCUT2D eigenvalue weighted by molar-refractivity contribution is -0.115. The van der Waals surface area contributed by atoms with Crippen LogP contribution in [0.25, 0.3) is 33.1 Å². The van der Waals surface area contributed by atoms with Crippen LogP contribution in [0.1, 0.15) is 13.3 Å². The number of benzene rings is 1. The minimum atomic E-state index is -0.442. The van der Waals surface area contributed by atoms with Crippen LogP contribution >= 0.6 is 23.1 Å². The Hall–Kier alpha value is -3.70. The molecule has 0 radical (unpaired) electrons. The van der Waals surface area contributed by atoms with E-state index in [1.807, 2.05) is 25.1 Å². The first kappa shape index (κ1) is 22.1. The van der Waals surface area contributed by atoms with Crippen LogP contribution < -0.4 is 10.1 Å². The van der Waals surface area contributed by atoms with E-state index in [9.17, 15) is 4.79 Å². The highest BCUT2D eigenvalue weighted by molar-refractivity contribution is 8.00. The number of anilines is 1. The monoisotopic (exact) mass is 493 g/mol. The maximum atomic E-state index is 13.0. The summed E-state index contributed by atoms with van der Waals surface area (Å²) in [5, 5.41) is 11.9. The quantitative estimate of drug-likeness (QED) is 0.279. The molecule has 1 atom stereocenters. The molecule has 0 bridgehead atoms. The van der Waals surface area contributed by atoms with Gasteiger partial charge in [0.05, 0.1) is 35.1 Å². The van der Waals surface area contributed by atoms with Gasteiger partial charge >= 0.3 is 0 Å². The summed E-state index contributed by atoms with van der Waals surface area (Å²) in [5.41, 5.74) is 1.76. The molecule has 4 heterocycles. The number of nitrogens with zero attached hydrogens (tertiary/aromatic N) is 4. The van der Waals surface area contributed by atoms with Crippen molar-refractivity contribution in [2.45, 2.75) is 23.8 Å². The van der Waals surface area contributed by atoms with Gasteiger partial charge in [-0.15, -0.1) is 10.2 Å². The topological polar surface area (TPSA) is 116 Å². The highest BCUT2D eigenvalue weighted by atomic mass is 32.2. The zero-order chi connectivity index (χ0) is 23.5. The molecule has 0 saturated carbocycles. The number of carbonyl (C=O) groups is 1. The summed E-state index contributed by atoms with van der Waals surface area (Å²) < 4.78 is 17.2. The van der Waals surface area contributed by atoms with Crippen LogP contribution in [-0.2, 0) is 4.79 Å². The molecule has 0 aliphatic heterocycles. The number of thioether (sulfide) groups is 1.